The number of hydrogen-bond acceptors (Lipinski definition) is 5. The van der Waals surface area contributed by atoms with E-state index in [-0.39, 0.29) is 5.78 Å². The van der Waals surface area contributed by atoms with Crippen molar-refractivity contribution in [2.45, 2.75) is 56.8 Å². The lowest BCUT2D eigenvalue weighted by Crippen LogP contribution is -2.74. The number of carbonyl (C=O) groups excluding carboxylic acids is 1. The molecule has 1 saturated carbocycles. The molecule has 5 nitrogen and oxygen atoms in total. The number of rotatable bonds is 4. The van der Waals surface area contributed by atoms with Crippen molar-refractivity contribution < 1.29 is 4.79 Å². The van der Waals surface area contributed by atoms with E-state index in [2.05, 4.69) is 15.9 Å². The standard InChI is InChI=1S/C12H25BrN4O/c1-10(8-13,12(15,16)17)9(18)11(14)6-4-2-3-5-7-11/h2-8,14-17H2,1H3. The van der Waals surface area contributed by atoms with Crippen LogP contribution in [0, 0.1) is 5.41 Å². The highest BCUT2D eigenvalue weighted by molar-refractivity contribution is 9.09. The summed E-state index contributed by atoms with van der Waals surface area (Å²) in [4.78, 5) is 12.8. The van der Waals surface area contributed by atoms with Gasteiger partial charge in [-0.25, -0.2) is 0 Å². The van der Waals surface area contributed by atoms with Crippen LogP contribution in [0.1, 0.15) is 45.4 Å². The first-order valence-corrected chi connectivity index (χ1v) is 7.56. The molecule has 1 fully saturated rings. The number of Topliss-reactive ketones (excluding diaryl/α,β-unsaturated/α-hetero) is 1. The van der Waals surface area contributed by atoms with Crippen LogP contribution < -0.4 is 22.9 Å². The third-order valence-corrected chi connectivity index (χ3v) is 5.29. The van der Waals surface area contributed by atoms with Crippen LogP contribution in [0.5, 0.6) is 0 Å². The smallest absolute Gasteiger partial charge is 0.163 e. The number of nitrogens with two attached hydrogens (primary N) is 4. The molecular weight excluding hydrogens is 296 g/mol. The second kappa shape index (κ2) is 5.54. The van der Waals surface area contributed by atoms with Crippen LogP contribution in [0.3, 0.4) is 0 Å². The molecule has 1 aliphatic carbocycles. The van der Waals surface area contributed by atoms with E-state index in [0.29, 0.717) is 18.2 Å². The summed E-state index contributed by atoms with van der Waals surface area (Å²) in [5.74, 6) is -1.70. The van der Waals surface area contributed by atoms with Crippen molar-refractivity contribution >= 4 is 21.7 Å². The molecule has 0 aliphatic heterocycles. The molecular formula is C12H25BrN4O. The van der Waals surface area contributed by atoms with E-state index in [1.807, 2.05) is 0 Å². The van der Waals surface area contributed by atoms with E-state index < -0.39 is 16.7 Å². The molecule has 0 aromatic carbocycles. The van der Waals surface area contributed by atoms with Gasteiger partial charge >= 0.3 is 0 Å². The van der Waals surface area contributed by atoms with Gasteiger partial charge in [-0.2, -0.15) is 0 Å². The van der Waals surface area contributed by atoms with Crippen LogP contribution in [0.2, 0.25) is 0 Å². The zero-order valence-electron chi connectivity index (χ0n) is 11.0. The summed E-state index contributed by atoms with van der Waals surface area (Å²) in [6.07, 6.45) is 5.54. The quantitative estimate of drug-likeness (QED) is 0.342. The first-order chi connectivity index (χ1) is 8.17. The van der Waals surface area contributed by atoms with Crippen LogP contribution in [0.15, 0.2) is 0 Å². The van der Waals surface area contributed by atoms with Crippen molar-refractivity contribution in [3.63, 3.8) is 0 Å². The minimum atomic E-state index is -1.58. The molecule has 0 amide bonds. The maximum absolute atomic E-state index is 12.8. The van der Waals surface area contributed by atoms with E-state index in [9.17, 15) is 4.79 Å². The van der Waals surface area contributed by atoms with Crippen LogP contribution >= 0.6 is 15.9 Å². The SMILES string of the molecule is CC(CBr)(C(=O)C1(N)CCCCCC1)C(N)(N)N. The monoisotopic (exact) mass is 320 g/mol. The van der Waals surface area contributed by atoms with Crippen molar-refractivity contribution in [3.8, 4) is 0 Å². The van der Waals surface area contributed by atoms with Crippen molar-refractivity contribution in [2.75, 3.05) is 5.33 Å². The van der Waals surface area contributed by atoms with Gasteiger partial charge in [-0.3, -0.25) is 4.79 Å². The molecule has 1 rings (SSSR count). The number of alkyl halides is 1. The van der Waals surface area contributed by atoms with Gasteiger partial charge in [0, 0.05) is 5.33 Å². The van der Waals surface area contributed by atoms with Gasteiger partial charge in [-0.1, -0.05) is 41.6 Å². The van der Waals surface area contributed by atoms with Gasteiger partial charge in [0.25, 0.3) is 0 Å². The van der Waals surface area contributed by atoms with Crippen molar-refractivity contribution in [1.29, 1.82) is 0 Å². The Hall–Kier alpha value is -0.0100. The van der Waals surface area contributed by atoms with Gasteiger partial charge in [-0.05, 0) is 19.8 Å². The molecule has 106 valence electrons. The fourth-order valence-electron chi connectivity index (χ4n) is 2.51. The van der Waals surface area contributed by atoms with Gasteiger partial charge in [0.05, 0.1) is 11.0 Å². The molecule has 0 radical (unpaired) electrons. The Balaban J connectivity index is 3.02. The average Bonchev–Trinajstić information content (AvgIpc) is 2.51. The first-order valence-electron chi connectivity index (χ1n) is 6.44. The predicted octanol–water partition coefficient (Wildman–Crippen LogP) is 0.538. The largest absolute Gasteiger partial charge is 0.319 e. The fraction of sp³-hybridized carbons (Fsp3) is 0.917. The Kier molecular flexibility index (Phi) is 4.94. The van der Waals surface area contributed by atoms with E-state index in [0.717, 1.165) is 25.7 Å². The predicted molar refractivity (Wildman–Crippen MR) is 76.8 cm³/mol. The molecule has 0 bridgehead atoms. The summed E-state index contributed by atoms with van der Waals surface area (Å²) < 4.78 is 0. The lowest BCUT2D eigenvalue weighted by Gasteiger charge is -2.43. The second-order valence-corrected chi connectivity index (χ2v) is 6.36. The summed E-state index contributed by atoms with van der Waals surface area (Å²) in [6.45, 7) is 1.68. The van der Waals surface area contributed by atoms with Crippen molar-refractivity contribution in [2.24, 2.45) is 28.3 Å². The molecule has 1 unspecified atom stereocenters. The third-order valence-electron chi connectivity index (χ3n) is 4.17. The van der Waals surface area contributed by atoms with Crippen LogP contribution in [-0.4, -0.2) is 22.4 Å². The molecule has 0 spiro atoms. The Labute approximate surface area is 117 Å². The maximum Gasteiger partial charge on any atom is 0.163 e. The number of halogens is 1. The second-order valence-electron chi connectivity index (χ2n) is 5.80. The van der Waals surface area contributed by atoms with Crippen LogP contribution in [0.4, 0.5) is 0 Å². The number of hydrogen-bond donors (Lipinski definition) is 4. The molecule has 0 aromatic heterocycles. The van der Waals surface area contributed by atoms with E-state index in [1.54, 1.807) is 6.92 Å². The van der Waals surface area contributed by atoms with Gasteiger partial charge in [0.15, 0.2) is 5.78 Å². The highest BCUT2D eigenvalue weighted by Crippen LogP contribution is 2.36. The minimum absolute atomic E-state index is 0.124. The fourth-order valence-corrected chi connectivity index (χ4v) is 3.25. The minimum Gasteiger partial charge on any atom is -0.319 e. The molecule has 0 heterocycles. The van der Waals surface area contributed by atoms with Gasteiger partial charge in [0.2, 0.25) is 0 Å². The molecule has 0 saturated heterocycles. The summed E-state index contributed by atoms with van der Waals surface area (Å²) in [7, 11) is 0. The Morgan fingerprint density at radius 2 is 1.61 bits per heavy atom. The third kappa shape index (κ3) is 2.93. The highest BCUT2D eigenvalue weighted by atomic mass is 79.9. The molecule has 0 aromatic rings. The highest BCUT2D eigenvalue weighted by Gasteiger charge is 2.52. The van der Waals surface area contributed by atoms with Gasteiger partial charge < -0.3 is 22.9 Å². The molecule has 1 atom stereocenters. The Bertz CT molecular complexity index is 308. The van der Waals surface area contributed by atoms with E-state index in [1.165, 1.54) is 0 Å². The lowest BCUT2D eigenvalue weighted by atomic mass is 9.70. The summed E-state index contributed by atoms with van der Waals surface area (Å²) >= 11 is 3.30. The molecule has 6 heteroatoms. The topological polar surface area (TPSA) is 121 Å². The van der Waals surface area contributed by atoms with Crippen molar-refractivity contribution in [3.05, 3.63) is 0 Å². The number of carbonyl (C=O) groups is 1. The summed E-state index contributed by atoms with van der Waals surface area (Å²) in [5, 5.41) is 0.307. The normalized spacial score (nSPS) is 24.1. The zero-order chi connectivity index (χ0) is 14.0. The molecule has 1 aliphatic rings. The first kappa shape index (κ1) is 16.0. The van der Waals surface area contributed by atoms with Gasteiger partial charge in [-0.15, -0.1) is 0 Å². The molecule has 8 N–H and O–H groups in total. The number of ketones is 1. The Morgan fingerprint density at radius 1 is 1.17 bits per heavy atom. The maximum atomic E-state index is 12.8. The summed E-state index contributed by atoms with van der Waals surface area (Å²) in [5.41, 5.74) is 21.8. The van der Waals surface area contributed by atoms with E-state index in [4.69, 9.17) is 22.9 Å². The van der Waals surface area contributed by atoms with E-state index >= 15 is 0 Å². The van der Waals surface area contributed by atoms with Crippen LogP contribution in [-0.2, 0) is 4.79 Å². The lowest BCUT2D eigenvalue weighted by molar-refractivity contribution is -0.136. The molecule has 18 heavy (non-hydrogen) atoms. The van der Waals surface area contributed by atoms with Crippen molar-refractivity contribution in [1.82, 2.24) is 0 Å². The van der Waals surface area contributed by atoms with Gasteiger partial charge in [0.1, 0.15) is 5.79 Å². The zero-order valence-corrected chi connectivity index (χ0v) is 12.6. The average molecular weight is 321 g/mol. The summed E-state index contributed by atoms with van der Waals surface area (Å²) in [6, 6.07) is 0. The Morgan fingerprint density at radius 3 is 1.94 bits per heavy atom. The van der Waals surface area contributed by atoms with Crippen LogP contribution in [0.25, 0.3) is 0 Å².